The van der Waals surface area contributed by atoms with E-state index in [9.17, 15) is 14.3 Å². The van der Waals surface area contributed by atoms with E-state index in [-0.39, 0.29) is 11.4 Å². The van der Waals surface area contributed by atoms with E-state index in [4.69, 9.17) is 21.3 Å². The second-order valence-electron chi connectivity index (χ2n) is 13.1. The van der Waals surface area contributed by atoms with Gasteiger partial charge in [-0.1, -0.05) is 23.7 Å². The van der Waals surface area contributed by atoms with Crippen LogP contribution in [0, 0.1) is 11.7 Å². The van der Waals surface area contributed by atoms with E-state index in [0.717, 1.165) is 80.0 Å². The number of halogens is 2. The van der Waals surface area contributed by atoms with Crippen molar-refractivity contribution in [1.29, 1.82) is 0 Å². The highest BCUT2D eigenvalue weighted by Gasteiger charge is 2.42. The van der Waals surface area contributed by atoms with Gasteiger partial charge in [-0.15, -0.1) is 0 Å². The molecule has 2 fully saturated rings. The van der Waals surface area contributed by atoms with Gasteiger partial charge in [0.25, 0.3) is 0 Å². The molecule has 0 radical (unpaired) electrons. The zero-order chi connectivity index (χ0) is 32.0. The summed E-state index contributed by atoms with van der Waals surface area (Å²) < 4.78 is 25.8. The van der Waals surface area contributed by atoms with Crippen LogP contribution in [0.4, 0.5) is 4.39 Å². The Morgan fingerprint density at radius 1 is 1.17 bits per heavy atom. The Labute approximate surface area is 273 Å². The third-order valence-corrected chi connectivity index (χ3v) is 10.2. The van der Waals surface area contributed by atoms with E-state index < -0.39 is 11.6 Å². The van der Waals surface area contributed by atoms with Crippen LogP contribution in [0.5, 0.6) is 0 Å². The second-order valence-corrected chi connectivity index (χ2v) is 13.5. The molecule has 8 nitrogen and oxygen atoms in total. The number of aromatic nitrogens is 4. The minimum Gasteiger partial charge on any atom is -0.482 e. The van der Waals surface area contributed by atoms with Crippen molar-refractivity contribution in [3.63, 3.8) is 0 Å². The third-order valence-electron chi connectivity index (χ3n) is 9.95. The smallest absolute Gasteiger partial charge is 0.335 e. The molecule has 240 valence electrons. The van der Waals surface area contributed by atoms with E-state index in [1.165, 1.54) is 17.2 Å². The fourth-order valence-electron chi connectivity index (χ4n) is 7.46. The number of carboxylic acid groups (broad SMARTS) is 1. The summed E-state index contributed by atoms with van der Waals surface area (Å²) in [6.07, 6.45) is 11.7. The maximum absolute atomic E-state index is 14.9. The van der Waals surface area contributed by atoms with Crippen LogP contribution in [-0.2, 0) is 30.0 Å². The van der Waals surface area contributed by atoms with Gasteiger partial charge < -0.3 is 19.0 Å². The van der Waals surface area contributed by atoms with Crippen LogP contribution in [0.1, 0.15) is 79.8 Å². The Morgan fingerprint density at radius 3 is 2.76 bits per heavy atom. The molecule has 1 atom stereocenters. The fourth-order valence-corrected chi connectivity index (χ4v) is 7.62. The first-order valence-electron chi connectivity index (χ1n) is 16.2. The molecule has 7 rings (SSSR count). The van der Waals surface area contributed by atoms with E-state index in [0.29, 0.717) is 36.0 Å². The standard InChI is InChI=1S/C36H39ClFN5O3/c1-3-42-22-39-19-28(42)20-43-32-16-25(35(44)45)7-10-31(32)40-33(43)21-41-13-11-23(12-14-41)15-24-5-4-6-26-18-36(2,46-34(24)26)29-9-8-27(37)17-30(29)38/h6-10,16-17,19,22-23H,3-5,11-15,18,20-21H2,1-2H3,(H,44,45). The van der Waals surface area contributed by atoms with E-state index in [2.05, 4.69) is 32.0 Å². The van der Waals surface area contributed by atoms with Crippen LogP contribution >= 0.6 is 11.6 Å². The molecular weight excluding hydrogens is 605 g/mol. The van der Waals surface area contributed by atoms with Crippen molar-refractivity contribution < 1.29 is 19.0 Å². The maximum atomic E-state index is 14.9. The van der Waals surface area contributed by atoms with Crippen LogP contribution < -0.4 is 0 Å². The van der Waals surface area contributed by atoms with Crippen molar-refractivity contribution in [1.82, 2.24) is 24.0 Å². The van der Waals surface area contributed by atoms with E-state index >= 15 is 0 Å². The monoisotopic (exact) mass is 643 g/mol. The number of aryl methyl sites for hydroxylation is 1. The number of fused-ring (bicyclic) bond motifs is 2. The first-order valence-corrected chi connectivity index (χ1v) is 16.6. The minimum absolute atomic E-state index is 0.256. The number of hydrogen-bond donors (Lipinski definition) is 1. The van der Waals surface area contributed by atoms with Crippen molar-refractivity contribution in [2.75, 3.05) is 13.1 Å². The summed E-state index contributed by atoms with van der Waals surface area (Å²) >= 11 is 6.03. The summed E-state index contributed by atoms with van der Waals surface area (Å²) in [6.45, 7) is 8.06. The molecule has 2 aliphatic heterocycles. The van der Waals surface area contributed by atoms with Gasteiger partial charge in [0.05, 0.1) is 41.7 Å². The van der Waals surface area contributed by atoms with E-state index in [1.54, 1.807) is 30.3 Å². The quantitative estimate of drug-likeness (QED) is 0.201. The first kappa shape index (κ1) is 30.7. The summed E-state index contributed by atoms with van der Waals surface area (Å²) in [5.41, 5.74) is 5.31. The van der Waals surface area contributed by atoms with Gasteiger partial charge in [0.2, 0.25) is 0 Å². The van der Waals surface area contributed by atoms with Crippen molar-refractivity contribution in [3.8, 4) is 0 Å². The SMILES string of the molecule is CCn1cncc1Cn1c(CN2CCC(CC3=C4OC(C)(c5ccc(Cl)cc5F)CC4=CCC3)CC2)nc2ccc(C(=O)O)cc21. The summed E-state index contributed by atoms with van der Waals surface area (Å²) in [5, 5.41) is 10.0. The van der Waals surface area contributed by atoms with Gasteiger partial charge in [0.1, 0.15) is 23.0 Å². The fraction of sp³-hybridized carbons (Fsp3) is 0.417. The molecule has 2 saturated heterocycles. The maximum Gasteiger partial charge on any atom is 0.335 e. The number of nitrogens with zero attached hydrogens (tertiary/aromatic N) is 5. The molecule has 10 heteroatoms. The van der Waals surface area contributed by atoms with Gasteiger partial charge in [0.15, 0.2) is 0 Å². The van der Waals surface area contributed by atoms with Crippen LogP contribution in [-0.4, -0.2) is 48.2 Å². The van der Waals surface area contributed by atoms with Gasteiger partial charge in [-0.25, -0.2) is 19.2 Å². The lowest BCUT2D eigenvalue weighted by atomic mass is 9.84. The summed E-state index contributed by atoms with van der Waals surface area (Å²) in [4.78, 5) is 23.5. The highest BCUT2D eigenvalue weighted by Crippen LogP contribution is 2.49. The molecule has 0 bridgehead atoms. The number of carboxylic acids is 1. The van der Waals surface area contributed by atoms with Crippen molar-refractivity contribution in [2.24, 2.45) is 5.92 Å². The topological polar surface area (TPSA) is 85.4 Å². The molecule has 0 spiro atoms. The summed E-state index contributed by atoms with van der Waals surface area (Å²) in [7, 11) is 0. The molecule has 1 aliphatic carbocycles. The molecular formula is C36H39ClFN5O3. The van der Waals surface area contributed by atoms with Gasteiger partial charge in [-0.3, -0.25) is 4.90 Å². The van der Waals surface area contributed by atoms with Crippen molar-refractivity contribution >= 4 is 28.6 Å². The number of imidazole rings is 2. The predicted molar refractivity (Wildman–Crippen MR) is 175 cm³/mol. The Kier molecular flexibility index (Phi) is 8.23. The third kappa shape index (κ3) is 5.86. The Hall–Kier alpha value is -3.95. The first-order chi connectivity index (χ1) is 22.2. The lowest BCUT2D eigenvalue weighted by Crippen LogP contribution is -2.34. The van der Waals surface area contributed by atoms with Crippen LogP contribution in [0.25, 0.3) is 11.0 Å². The van der Waals surface area contributed by atoms with Crippen LogP contribution in [0.2, 0.25) is 5.02 Å². The number of ether oxygens (including phenoxy) is 1. The predicted octanol–water partition coefficient (Wildman–Crippen LogP) is 7.70. The van der Waals surface area contributed by atoms with Crippen LogP contribution in [0.3, 0.4) is 0 Å². The minimum atomic E-state index is -0.946. The lowest BCUT2D eigenvalue weighted by Gasteiger charge is -2.33. The Bertz CT molecular complexity index is 1870. The number of allylic oxidation sites excluding steroid dienone is 3. The molecule has 4 aromatic rings. The van der Waals surface area contributed by atoms with Gasteiger partial charge in [-0.05, 0) is 106 Å². The number of rotatable bonds is 9. The zero-order valence-electron chi connectivity index (χ0n) is 26.3. The van der Waals surface area contributed by atoms with Crippen molar-refractivity contribution in [2.45, 2.75) is 77.6 Å². The molecule has 1 unspecified atom stereocenters. The summed E-state index contributed by atoms with van der Waals surface area (Å²) in [5.74, 6) is 1.19. The largest absolute Gasteiger partial charge is 0.482 e. The molecule has 2 aromatic carbocycles. The average Bonchev–Trinajstić information content (AvgIpc) is 3.73. The molecule has 2 aromatic heterocycles. The Morgan fingerprint density at radius 2 is 2.00 bits per heavy atom. The molecule has 0 amide bonds. The van der Waals surface area contributed by atoms with Gasteiger partial charge in [-0.2, -0.15) is 0 Å². The highest BCUT2D eigenvalue weighted by molar-refractivity contribution is 6.30. The average molecular weight is 644 g/mol. The normalized spacial score (nSPS) is 20.7. The lowest BCUT2D eigenvalue weighted by molar-refractivity contribution is 0.0489. The number of hydrogen-bond acceptors (Lipinski definition) is 5. The van der Waals surface area contributed by atoms with Crippen molar-refractivity contribution in [3.05, 3.63) is 105 Å². The molecule has 0 saturated carbocycles. The number of likely N-dealkylation sites (tertiary alicyclic amines) is 1. The molecule has 46 heavy (non-hydrogen) atoms. The second kappa shape index (κ2) is 12.3. The molecule has 4 heterocycles. The Balaban J connectivity index is 1.06. The zero-order valence-corrected chi connectivity index (χ0v) is 27.1. The number of benzene rings is 2. The van der Waals surface area contributed by atoms with Crippen LogP contribution in [0.15, 0.2) is 71.9 Å². The van der Waals surface area contributed by atoms with Gasteiger partial charge in [0, 0.05) is 29.7 Å². The van der Waals surface area contributed by atoms with Gasteiger partial charge >= 0.3 is 5.97 Å². The van der Waals surface area contributed by atoms with E-state index in [1.807, 2.05) is 19.4 Å². The molecule has 3 aliphatic rings. The number of piperidine rings is 1. The molecule has 1 N–H and O–H groups in total. The number of aromatic carboxylic acids is 1. The highest BCUT2D eigenvalue weighted by atomic mass is 35.5. The summed E-state index contributed by atoms with van der Waals surface area (Å²) in [6, 6.07) is 10.0. The number of carbonyl (C=O) groups is 1.